The molecular formula is C11H12ClFO3. The van der Waals surface area contributed by atoms with Gasteiger partial charge in [-0.05, 0) is 29.7 Å². The number of halogens is 2. The van der Waals surface area contributed by atoms with Crippen molar-refractivity contribution >= 4 is 17.6 Å². The lowest BCUT2D eigenvalue weighted by Gasteiger charge is -2.11. The highest BCUT2D eigenvalue weighted by molar-refractivity contribution is 6.30. The lowest BCUT2D eigenvalue weighted by Crippen LogP contribution is -2.14. The molecule has 1 aromatic carbocycles. The molecule has 0 radical (unpaired) electrons. The SMILES string of the molecule is CCc1cc(C(O)C(=O)OC)cc(Cl)c1F. The number of aliphatic hydroxyl groups excluding tert-OH is 1. The van der Waals surface area contributed by atoms with E-state index in [1.807, 2.05) is 0 Å². The smallest absolute Gasteiger partial charge is 0.339 e. The minimum atomic E-state index is -1.44. The van der Waals surface area contributed by atoms with Crippen LogP contribution in [0.5, 0.6) is 0 Å². The maximum atomic E-state index is 13.4. The van der Waals surface area contributed by atoms with E-state index in [1.165, 1.54) is 12.1 Å². The van der Waals surface area contributed by atoms with Crippen LogP contribution in [0.1, 0.15) is 24.2 Å². The zero-order chi connectivity index (χ0) is 12.3. The first kappa shape index (κ1) is 12.9. The van der Waals surface area contributed by atoms with Crippen molar-refractivity contribution in [1.29, 1.82) is 0 Å². The van der Waals surface area contributed by atoms with Gasteiger partial charge >= 0.3 is 5.97 Å². The quantitative estimate of drug-likeness (QED) is 0.832. The highest BCUT2D eigenvalue weighted by Gasteiger charge is 2.20. The van der Waals surface area contributed by atoms with Gasteiger partial charge in [0.25, 0.3) is 0 Å². The molecule has 1 unspecified atom stereocenters. The van der Waals surface area contributed by atoms with Crippen LogP contribution in [0.15, 0.2) is 12.1 Å². The predicted molar refractivity (Wildman–Crippen MR) is 57.8 cm³/mol. The van der Waals surface area contributed by atoms with Crippen molar-refractivity contribution in [2.24, 2.45) is 0 Å². The van der Waals surface area contributed by atoms with Crippen molar-refractivity contribution in [1.82, 2.24) is 0 Å². The number of carbonyl (C=O) groups excluding carboxylic acids is 1. The lowest BCUT2D eigenvalue weighted by atomic mass is 10.0. The summed E-state index contributed by atoms with van der Waals surface area (Å²) in [6.45, 7) is 1.75. The Morgan fingerprint density at radius 2 is 2.25 bits per heavy atom. The summed E-state index contributed by atoms with van der Waals surface area (Å²) in [5.41, 5.74) is 0.584. The number of rotatable bonds is 3. The van der Waals surface area contributed by atoms with Crippen LogP contribution in [0.25, 0.3) is 0 Å². The molecule has 3 nitrogen and oxygen atoms in total. The molecule has 16 heavy (non-hydrogen) atoms. The largest absolute Gasteiger partial charge is 0.467 e. The Labute approximate surface area is 97.8 Å². The summed E-state index contributed by atoms with van der Waals surface area (Å²) < 4.78 is 17.8. The molecule has 0 amide bonds. The van der Waals surface area contributed by atoms with Gasteiger partial charge in [-0.3, -0.25) is 0 Å². The first-order chi connectivity index (χ1) is 7.51. The summed E-state index contributed by atoms with van der Waals surface area (Å²) >= 11 is 5.65. The van der Waals surface area contributed by atoms with Crippen LogP contribution in [-0.4, -0.2) is 18.2 Å². The fourth-order valence-corrected chi connectivity index (χ4v) is 1.58. The highest BCUT2D eigenvalue weighted by atomic mass is 35.5. The fraction of sp³-hybridized carbons (Fsp3) is 0.364. The lowest BCUT2D eigenvalue weighted by molar-refractivity contribution is -0.150. The summed E-state index contributed by atoms with van der Waals surface area (Å²) in [4.78, 5) is 11.1. The van der Waals surface area contributed by atoms with E-state index < -0.39 is 17.9 Å². The molecule has 1 aromatic rings. The fourth-order valence-electron chi connectivity index (χ4n) is 1.33. The van der Waals surface area contributed by atoms with Crippen molar-refractivity contribution < 1.29 is 19.0 Å². The van der Waals surface area contributed by atoms with Crippen LogP contribution in [0.2, 0.25) is 5.02 Å². The number of aliphatic hydroxyl groups is 1. The number of benzene rings is 1. The Bertz CT molecular complexity index is 406. The highest BCUT2D eigenvalue weighted by Crippen LogP contribution is 2.25. The van der Waals surface area contributed by atoms with Crippen LogP contribution in [-0.2, 0) is 16.0 Å². The van der Waals surface area contributed by atoms with E-state index in [0.29, 0.717) is 12.0 Å². The average Bonchev–Trinajstić information content (AvgIpc) is 2.30. The van der Waals surface area contributed by atoms with Crippen LogP contribution in [0.3, 0.4) is 0 Å². The zero-order valence-electron chi connectivity index (χ0n) is 8.96. The number of esters is 1. The summed E-state index contributed by atoms with van der Waals surface area (Å²) in [6.07, 6.45) is -1.01. The number of hydrogen-bond acceptors (Lipinski definition) is 3. The molecule has 0 aliphatic heterocycles. The van der Waals surface area contributed by atoms with Crippen LogP contribution in [0, 0.1) is 5.82 Å². The molecule has 5 heteroatoms. The Balaban J connectivity index is 3.16. The summed E-state index contributed by atoms with van der Waals surface area (Å²) in [7, 11) is 1.16. The Morgan fingerprint density at radius 3 is 2.75 bits per heavy atom. The maximum Gasteiger partial charge on any atom is 0.339 e. The van der Waals surface area contributed by atoms with Gasteiger partial charge in [-0.15, -0.1) is 0 Å². The van der Waals surface area contributed by atoms with Crippen LogP contribution >= 0.6 is 11.6 Å². The topological polar surface area (TPSA) is 46.5 Å². The first-order valence-corrected chi connectivity index (χ1v) is 5.12. The van der Waals surface area contributed by atoms with E-state index in [4.69, 9.17) is 11.6 Å². The van der Waals surface area contributed by atoms with Crippen LogP contribution in [0.4, 0.5) is 4.39 Å². The second-order valence-electron chi connectivity index (χ2n) is 3.26. The molecule has 0 aliphatic carbocycles. The number of methoxy groups -OCH3 is 1. The van der Waals surface area contributed by atoms with Gasteiger partial charge in [0.15, 0.2) is 6.10 Å². The molecule has 0 fully saturated rings. The van der Waals surface area contributed by atoms with Gasteiger partial charge in [0.1, 0.15) is 5.82 Å². The zero-order valence-corrected chi connectivity index (χ0v) is 9.71. The Kier molecular flexibility index (Phi) is 4.26. The van der Waals surface area contributed by atoms with Gasteiger partial charge in [0.05, 0.1) is 12.1 Å². The molecule has 0 aliphatic rings. The van der Waals surface area contributed by atoms with Crippen molar-refractivity contribution in [2.75, 3.05) is 7.11 Å². The second-order valence-corrected chi connectivity index (χ2v) is 3.66. The monoisotopic (exact) mass is 246 g/mol. The molecule has 0 spiro atoms. The van der Waals surface area contributed by atoms with Crippen molar-refractivity contribution in [2.45, 2.75) is 19.4 Å². The van der Waals surface area contributed by atoms with Gasteiger partial charge in [0, 0.05) is 0 Å². The minimum Gasteiger partial charge on any atom is -0.467 e. The van der Waals surface area contributed by atoms with Gasteiger partial charge in [-0.2, -0.15) is 0 Å². The van der Waals surface area contributed by atoms with Crippen LogP contribution < -0.4 is 0 Å². The third kappa shape index (κ3) is 2.51. The molecule has 0 saturated heterocycles. The molecule has 1 N–H and O–H groups in total. The van der Waals surface area contributed by atoms with E-state index in [9.17, 15) is 14.3 Å². The molecule has 0 bridgehead atoms. The van der Waals surface area contributed by atoms with Gasteiger partial charge in [-0.25, -0.2) is 9.18 Å². The first-order valence-electron chi connectivity index (χ1n) is 4.75. The molecule has 1 rings (SSSR count). The van der Waals surface area contributed by atoms with Crippen molar-refractivity contribution in [3.63, 3.8) is 0 Å². The Morgan fingerprint density at radius 1 is 1.62 bits per heavy atom. The normalized spacial score (nSPS) is 12.3. The number of ether oxygens (including phenoxy) is 1. The van der Waals surface area contributed by atoms with E-state index in [2.05, 4.69) is 4.74 Å². The molecule has 0 heterocycles. The molecule has 0 aromatic heterocycles. The van der Waals surface area contributed by atoms with E-state index >= 15 is 0 Å². The molecular weight excluding hydrogens is 235 g/mol. The van der Waals surface area contributed by atoms with E-state index in [1.54, 1.807) is 6.92 Å². The molecule has 0 saturated carbocycles. The molecule has 1 atom stereocenters. The second kappa shape index (κ2) is 5.27. The maximum absolute atomic E-state index is 13.4. The molecule has 88 valence electrons. The number of carbonyl (C=O) groups is 1. The standard InChI is InChI=1S/C11H12ClFO3/c1-3-6-4-7(5-8(12)9(6)13)10(14)11(15)16-2/h4-5,10,14H,3H2,1-2H3. The van der Waals surface area contributed by atoms with Gasteiger partial charge in [-0.1, -0.05) is 18.5 Å². The van der Waals surface area contributed by atoms with Crippen molar-refractivity contribution in [3.8, 4) is 0 Å². The number of aryl methyl sites for hydroxylation is 1. The summed E-state index contributed by atoms with van der Waals surface area (Å²) in [6, 6.07) is 2.63. The number of hydrogen-bond donors (Lipinski definition) is 1. The average molecular weight is 247 g/mol. The predicted octanol–water partition coefficient (Wildman–Crippen LogP) is 2.25. The third-order valence-electron chi connectivity index (χ3n) is 2.25. The van der Waals surface area contributed by atoms with E-state index in [-0.39, 0.29) is 10.6 Å². The minimum absolute atomic E-state index is 0.114. The van der Waals surface area contributed by atoms with Gasteiger partial charge in [0.2, 0.25) is 0 Å². The summed E-state index contributed by atoms with van der Waals surface area (Å²) in [5.74, 6) is -1.32. The van der Waals surface area contributed by atoms with Crippen molar-refractivity contribution in [3.05, 3.63) is 34.1 Å². The van der Waals surface area contributed by atoms with E-state index in [0.717, 1.165) is 7.11 Å². The third-order valence-corrected chi connectivity index (χ3v) is 2.52. The Hall–Kier alpha value is -1.13. The van der Waals surface area contributed by atoms with Gasteiger partial charge < -0.3 is 9.84 Å². The summed E-state index contributed by atoms with van der Waals surface area (Å²) in [5, 5.41) is 9.46.